The first-order chi connectivity index (χ1) is 7.92. The first kappa shape index (κ1) is 11.4. The second-order valence-corrected chi connectivity index (χ2v) is 7.52. The molecule has 2 bridgehead atoms. The van der Waals surface area contributed by atoms with Gasteiger partial charge in [0.05, 0.1) is 0 Å². The molecule has 2 amide bonds. The Kier molecular flexibility index (Phi) is 2.15. The molecule has 4 heterocycles. The summed E-state index contributed by atoms with van der Waals surface area (Å²) in [5, 5.41) is 0. The average molecular weight is 272 g/mol. The summed E-state index contributed by atoms with van der Waals surface area (Å²) in [5.74, 6) is -0.221. The van der Waals surface area contributed by atoms with E-state index in [1.165, 1.54) is 4.90 Å². The fourth-order valence-corrected chi connectivity index (χ4v) is 5.55. The summed E-state index contributed by atoms with van der Waals surface area (Å²) in [6, 6.07) is 0. The minimum atomic E-state index is -1.06. The standard InChI is InChI=1S/C10H12N2O3S2/c1-9-6(13)12-5-3-4-10(12,7(14)11(9)2)17-8(15)16-9/h3-5H2,1-2H3/t9-,10-/m0/s1. The van der Waals surface area contributed by atoms with Gasteiger partial charge < -0.3 is 9.80 Å². The van der Waals surface area contributed by atoms with Crippen molar-refractivity contribution < 1.29 is 14.4 Å². The zero-order valence-corrected chi connectivity index (χ0v) is 11.2. The number of likely N-dealkylation sites (N-methyl/N-ethyl adjacent to an activating group) is 1. The van der Waals surface area contributed by atoms with Crippen molar-refractivity contribution >= 4 is 39.8 Å². The zero-order valence-electron chi connectivity index (χ0n) is 9.56. The van der Waals surface area contributed by atoms with Crippen LogP contribution in [0.15, 0.2) is 0 Å². The topological polar surface area (TPSA) is 57.7 Å². The Morgan fingerprint density at radius 1 is 1.18 bits per heavy atom. The predicted molar refractivity (Wildman–Crippen MR) is 65.4 cm³/mol. The summed E-state index contributed by atoms with van der Waals surface area (Å²) in [5.41, 5.74) is 0. The number of fused-ring (bicyclic) bond motifs is 3. The molecular formula is C10H12N2O3S2. The highest BCUT2D eigenvalue weighted by atomic mass is 32.2. The molecule has 7 heteroatoms. The van der Waals surface area contributed by atoms with E-state index in [1.807, 2.05) is 0 Å². The quantitative estimate of drug-likeness (QED) is 0.661. The van der Waals surface area contributed by atoms with Crippen LogP contribution in [0.2, 0.25) is 0 Å². The first-order valence-electron chi connectivity index (χ1n) is 5.44. The van der Waals surface area contributed by atoms with Crippen LogP contribution in [0.1, 0.15) is 19.8 Å². The molecule has 4 fully saturated rings. The summed E-state index contributed by atoms with van der Waals surface area (Å²) < 4.78 is -0.136. The first-order valence-corrected chi connectivity index (χ1v) is 7.07. The molecule has 0 radical (unpaired) electrons. The van der Waals surface area contributed by atoms with Gasteiger partial charge in [-0.25, -0.2) is 0 Å². The van der Waals surface area contributed by atoms with Gasteiger partial charge in [0.1, 0.15) is 0 Å². The molecule has 4 aliphatic heterocycles. The smallest absolute Gasteiger partial charge is 0.260 e. The molecule has 4 rings (SSSR count). The maximum atomic E-state index is 12.5. The molecule has 92 valence electrons. The Hall–Kier alpha value is -0.690. The van der Waals surface area contributed by atoms with Gasteiger partial charge in [-0.2, -0.15) is 0 Å². The maximum absolute atomic E-state index is 12.5. The van der Waals surface area contributed by atoms with E-state index in [-0.39, 0.29) is 16.3 Å². The second kappa shape index (κ2) is 3.20. The third kappa shape index (κ3) is 1.16. The van der Waals surface area contributed by atoms with Gasteiger partial charge in [-0.15, -0.1) is 0 Å². The minimum Gasteiger partial charge on any atom is -0.320 e. The minimum absolute atomic E-state index is 0.111. The lowest BCUT2D eigenvalue weighted by atomic mass is 10.1. The summed E-state index contributed by atoms with van der Waals surface area (Å²) in [7, 11) is 1.61. The highest BCUT2D eigenvalue weighted by molar-refractivity contribution is 8.40. The molecule has 0 saturated carbocycles. The Morgan fingerprint density at radius 3 is 2.59 bits per heavy atom. The van der Waals surface area contributed by atoms with Gasteiger partial charge in [0.15, 0.2) is 9.74 Å². The largest absolute Gasteiger partial charge is 0.320 e. The van der Waals surface area contributed by atoms with Gasteiger partial charge in [-0.1, -0.05) is 0 Å². The van der Waals surface area contributed by atoms with Crippen LogP contribution < -0.4 is 0 Å². The van der Waals surface area contributed by atoms with E-state index < -0.39 is 9.74 Å². The van der Waals surface area contributed by atoms with Crippen LogP contribution >= 0.6 is 23.5 Å². The van der Waals surface area contributed by atoms with E-state index >= 15 is 0 Å². The van der Waals surface area contributed by atoms with Crippen LogP contribution in [0, 0.1) is 0 Å². The third-order valence-electron chi connectivity index (χ3n) is 3.79. The van der Waals surface area contributed by atoms with Crippen molar-refractivity contribution in [2.24, 2.45) is 0 Å². The van der Waals surface area contributed by atoms with E-state index in [4.69, 9.17) is 0 Å². The molecule has 0 aromatic rings. The second-order valence-electron chi connectivity index (χ2n) is 4.65. The Morgan fingerprint density at radius 2 is 1.88 bits per heavy atom. The SMILES string of the molecule is CN1C(=O)[C@@]23CCCN2C(=O)[C@]1(C)SC(=O)S3. The third-order valence-corrected chi connectivity index (χ3v) is 6.40. The number of hydrogen-bond donors (Lipinski definition) is 0. The molecule has 0 aromatic heterocycles. The molecule has 17 heavy (non-hydrogen) atoms. The number of piperazine rings is 1. The van der Waals surface area contributed by atoms with Crippen molar-refractivity contribution in [2.75, 3.05) is 13.6 Å². The molecule has 1 spiro atoms. The average Bonchev–Trinajstić information content (AvgIpc) is 2.63. The van der Waals surface area contributed by atoms with Gasteiger partial charge >= 0.3 is 0 Å². The lowest BCUT2D eigenvalue weighted by Crippen LogP contribution is -2.69. The van der Waals surface area contributed by atoms with Crippen molar-refractivity contribution in [3.63, 3.8) is 0 Å². The Balaban J connectivity index is 2.23. The number of hydrogen-bond acceptors (Lipinski definition) is 5. The van der Waals surface area contributed by atoms with Crippen molar-refractivity contribution in [3.05, 3.63) is 0 Å². The van der Waals surface area contributed by atoms with Crippen LogP contribution in [0.4, 0.5) is 4.79 Å². The van der Waals surface area contributed by atoms with Crippen LogP contribution in [-0.4, -0.2) is 49.4 Å². The lowest BCUT2D eigenvalue weighted by molar-refractivity contribution is -0.161. The molecule has 0 N–H and O–H groups in total. The van der Waals surface area contributed by atoms with Gasteiger partial charge in [0.25, 0.3) is 16.3 Å². The molecule has 0 unspecified atom stereocenters. The molecule has 4 aliphatic rings. The van der Waals surface area contributed by atoms with Crippen LogP contribution in [0.3, 0.4) is 0 Å². The normalized spacial score (nSPS) is 40.9. The number of carbonyl (C=O) groups is 3. The summed E-state index contributed by atoms with van der Waals surface area (Å²) in [6.45, 7) is 2.23. The summed E-state index contributed by atoms with van der Waals surface area (Å²) in [6.07, 6.45) is 1.36. The molecule has 5 nitrogen and oxygen atoms in total. The Labute approximate surface area is 107 Å². The van der Waals surface area contributed by atoms with Crippen LogP contribution in [-0.2, 0) is 9.59 Å². The zero-order chi connectivity index (χ0) is 12.4. The number of amides is 2. The lowest BCUT2D eigenvalue weighted by Gasteiger charge is -2.48. The van der Waals surface area contributed by atoms with Crippen molar-refractivity contribution in [1.82, 2.24) is 9.80 Å². The molecule has 4 saturated heterocycles. The van der Waals surface area contributed by atoms with Crippen molar-refractivity contribution in [1.29, 1.82) is 0 Å². The number of nitrogens with zero attached hydrogens (tertiary/aromatic N) is 2. The molecular weight excluding hydrogens is 260 g/mol. The number of rotatable bonds is 0. The van der Waals surface area contributed by atoms with Crippen molar-refractivity contribution in [3.8, 4) is 0 Å². The van der Waals surface area contributed by atoms with E-state index in [1.54, 1.807) is 18.9 Å². The van der Waals surface area contributed by atoms with E-state index in [0.717, 1.165) is 29.9 Å². The Bertz CT molecular complexity index is 453. The van der Waals surface area contributed by atoms with Gasteiger partial charge in [-0.3, -0.25) is 14.4 Å². The van der Waals surface area contributed by atoms with Crippen LogP contribution in [0.5, 0.6) is 0 Å². The van der Waals surface area contributed by atoms with Gasteiger partial charge in [-0.05, 0) is 43.3 Å². The van der Waals surface area contributed by atoms with Crippen LogP contribution in [0.25, 0.3) is 0 Å². The molecule has 0 aliphatic carbocycles. The highest BCUT2D eigenvalue weighted by Crippen LogP contribution is 2.55. The highest BCUT2D eigenvalue weighted by Gasteiger charge is 2.66. The number of carbonyl (C=O) groups excluding carboxylic acids is 3. The van der Waals surface area contributed by atoms with E-state index in [0.29, 0.717) is 13.0 Å². The van der Waals surface area contributed by atoms with Gasteiger partial charge in [0, 0.05) is 13.6 Å². The van der Waals surface area contributed by atoms with E-state index in [9.17, 15) is 14.4 Å². The molecule has 0 aromatic carbocycles. The molecule has 2 atom stereocenters. The van der Waals surface area contributed by atoms with Gasteiger partial charge in [0.2, 0.25) is 0 Å². The van der Waals surface area contributed by atoms with Crippen molar-refractivity contribution in [2.45, 2.75) is 29.5 Å². The fraction of sp³-hybridized carbons (Fsp3) is 0.700. The maximum Gasteiger partial charge on any atom is 0.260 e. The summed E-state index contributed by atoms with van der Waals surface area (Å²) in [4.78, 5) is 37.8. The number of thioether (sulfide) groups is 2. The summed E-state index contributed by atoms with van der Waals surface area (Å²) >= 11 is 1.98. The van der Waals surface area contributed by atoms with E-state index in [2.05, 4.69) is 0 Å². The predicted octanol–water partition coefficient (Wildman–Crippen LogP) is 1.09. The fourth-order valence-electron chi connectivity index (χ4n) is 2.71. The monoisotopic (exact) mass is 272 g/mol.